The number of amides is 1. The van der Waals surface area contributed by atoms with E-state index in [1.165, 1.54) is 17.6 Å². The summed E-state index contributed by atoms with van der Waals surface area (Å²) in [5.74, 6) is 0.0234. The number of hydrogen-bond donors (Lipinski definition) is 0. The summed E-state index contributed by atoms with van der Waals surface area (Å²) in [6, 6.07) is 9.55. The van der Waals surface area contributed by atoms with E-state index in [-0.39, 0.29) is 43.7 Å². The summed E-state index contributed by atoms with van der Waals surface area (Å²) in [7, 11) is 1.28. The molecule has 10 heteroatoms. The molecule has 1 saturated carbocycles. The Morgan fingerprint density at radius 2 is 1.82 bits per heavy atom. The first kappa shape index (κ1) is 29.8. The number of carbonyl (C=O) groups is 2. The van der Waals surface area contributed by atoms with Crippen LogP contribution in [-0.4, -0.2) is 78.6 Å². The second-order valence-electron chi connectivity index (χ2n) is 11.3. The molecule has 2 aliphatic rings. The molecule has 1 aromatic carbocycles. The molecule has 2 fully saturated rings. The van der Waals surface area contributed by atoms with Crippen LogP contribution in [0.1, 0.15) is 77.2 Å². The van der Waals surface area contributed by atoms with Gasteiger partial charge >= 0.3 is 12.1 Å². The van der Waals surface area contributed by atoms with Crippen LogP contribution in [0.2, 0.25) is 0 Å². The van der Waals surface area contributed by atoms with Crippen molar-refractivity contribution in [1.82, 2.24) is 4.90 Å². The molecule has 0 spiro atoms. The molecule has 1 aliphatic carbocycles. The Hall–Kier alpha value is -2.72. The highest BCUT2D eigenvalue weighted by molar-refractivity contribution is 5.69. The zero-order chi connectivity index (χ0) is 27.8. The third-order valence-electron chi connectivity index (χ3n) is 7.46. The van der Waals surface area contributed by atoms with Gasteiger partial charge in [-0.25, -0.2) is 4.79 Å². The molecule has 212 valence electrons. The second kappa shape index (κ2) is 13.4. The van der Waals surface area contributed by atoms with Crippen molar-refractivity contribution in [2.45, 2.75) is 94.9 Å². The Labute approximate surface area is 225 Å². The monoisotopic (exact) mass is 534 g/mol. The number of piperidine rings is 1. The minimum atomic E-state index is -1.58. The van der Waals surface area contributed by atoms with Gasteiger partial charge in [0.15, 0.2) is 0 Å². The first-order chi connectivity index (χ1) is 18.1. The number of carbonyl (C=O) groups excluding carboxylic acids is 2. The van der Waals surface area contributed by atoms with Gasteiger partial charge in [-0.05, 0) is 64.4 Å². The average Bonchev–Trinajstić information content (AvgIpc) is 2.89. The number of hydrogen-bond acceptors (Lipinski definition) is 8. The zero-order valence-electron chi connectivity index (χ0n) is 23.1. The number of ether oxygens (including phenoxy) is 4. The van der Waals surface area contributed by atoms with Crippen molar-refractivity contribution in [2.24, 2.45) is 0 Å². The third-order valence-corrected chi connectivity index (χ3v) is 7.46. The van der Waals surface area contributed by atoms with E-state index in [9.17, 15) is 19.7 Å². The predicted molar refractivity (Wildman–Crippen MR) is 141 cm³/mol. The number of methoxy groups -OCH3 is 1. The molecule has 1 aromatic rings. The molecule has 0 aromatic heterocycles. The molecule has 1 amide bonds. The van der Waals surface area contributed by atoms with Crippen molar-refractivity contribution in [3.8, 4) is 0 Å². The van der Waals surface area contributed by atoms with E-state index in [0.717, 1.165) is 25.7 Å². The summed E-state index contributed by atoms with van der Waals surface area (Å²) < 4.78 is 22.2. The topological polar surface area (TPSA) is 117 Å². The van der Waals surface area contributed by atoms with Gasteiger partial charge in [0.2, 0.25) is 0 Å². The van der Waals surface area contributed by atoms with Crippen LogP contribution in [0.4, 0.5) is 4.79 Å². The maximum Gasteiger partial charge on any atom is 0.410 e. The highest BCUT2D eigenvalue weighted by atomic mass is 16.6. The van der Waals surface area contributed by atoms with Gasteiger partial charge in [0.05, 0.1) is 32.8 Å². The molecule has 0 unspecified atom stereocenters. The number of esters is 1. The van der Waals surface area contributed by atoms with Crippen molar-refractivity contribution in [3.63, 3.8) is 0 Å². The smallest absolute Gasteiger partial charge is 0.410 e. The lowest BCUT2D eigenvalue weighted by molar-refractivity contribution is -0.587. The molecule has 2 atom stereocenters. The number of rotatable bonds is 10. The minimum absolute atomic E-state index is 0.00804. The van der Waals surface area contributed by atoms with Gasteiger partial charge in [-0.1, -0.05) is 30.3 Å². The number of benzene rings is 1. The Balaban J connectivity index is 1.72. The molecule has 1 aliphatic heterocycles. The van der Waals surface area contributed by atoms with Crippen molar-refractivity contribution < 1.29 is 33.5 Å². The van der Waals surface area contributed by atoms with Crippen molar-refractivity contribution in [3.05, 3.63) is 46.0 Å². The van der Waals surface area contributed by atoms with Crippen molar-refractivity contribution >= 4 is 12.1 Å². The SMILES string of the molecule is COC(=O)CCOC[C@]1([N+](=O)[O-])CCCN(C(=O)OC(C)(C)C)[C@H]1COC1CCC(c2ccccc2)CC1. The Kier molecular flexibility index (Phi) is 10.5. The fourth-order valence-electron chi connectivity index (χ4n) is 5.41. The Bertz CT molecular complexity index is 927. The molecule has 0 N–H and O–H groups in total. The second-order valence-corrected chi connectivity index (χ2v) is 11.3. The molecule has 3 rings (SSSR count). The van der Waals surface area contributed by atoms with E-state index in [1.807, 2.05) is 6.07 Å². The first-order valence-corrected chi connectivity index (χ1v) is 13.5. The van der Waals surface area contributed by atoms with Crippen LogP contribution in [0.25, 0.3) is 0 Å². The van der Waals surface area contributed by atoms with Crippen molar-refractivity contribution in [1.29, 1.82) is 0 Å². The van der Waals surface area contributed by atoms with Gasteiger partial charge in [-0.15, -0.1) is 0 Å². The fraction of sp³-hybridized carbons (Fsp3) is 0.714. The van der Waals surface area contributed by atoms with Crippen molar-refractivity contribution in [2.75, 3.05) is 33.5 Å². The quantitative estimate of drug-likeness (QED) is 0.183. The first-order valence-electron chi connectivity index (χ1n) is 13.5. The van der Waals surface area contributed by atoms with Crippen LogP contribution in [0.15, 0.2) is 30.3 Å². The zero-order valence-corrected chi connectivity index (χ0v) is 23.1. The van der Waals surface area contributed by atoms with E-state index in [4.69, 9.17) is 14.2 Å². The van der Waals surface area contributed by atoms with Crippen LogP contribution in [0, 0.1) is 10.1 Å². The molecular weight excluding hydrogens is 492 g/mol. The Morgan fingerprint density at radius 1 is 1.13 bits per heavy atom. The third kappa shape index (κ3) is 7.89. The maximum absolute atomic E-state index is 13.2. The average molecular weight is 535 g/mol. The van der Waals surface area contributed by atoms with Gasteiger partial charge in [-0.2, -0.15) is 0 Å². The van der Waals surface area contributed by atoms with Crippen LogP contribution < -0.4 is 0 Å². The van der Waals surface area contributed by atoms with E-state index < -0.39 is 29.2 Å². The summed E-state index contributed by atoms with van der Waals surface area (Å²) >= 11 is 0. The molecule has 0 radical (unpaired) electrons. The van der Waals surface area contributed by atoms with E-state index in [0.29, 0.717) is 18.9 Å². The van der Waals surface area contributed by atoms with E-state index in [2.05, 4.69) is 29.0 Å². The van der Waals surface area contributed by atoms with E-state index in [1.54, 1.807) is 20.8 Å². The van der Waals surface area contributed by atoms with Crippen LogP contribution >= 0.6 is 0 Å². The predicted octanol–water partition coefficient (Wildman–Crippen LogP) is 4.72. The highest BCUT2D eigenvalue weighted by Gasteiger charge is 2.57. The summed E-state index contributed by atoms with van der Waals surface area (Å²) in [5, 5.41) is 12.6. The van der Waals surface area contributed by atoms with Gasteiger partial charge in [0.1, 0.15) is 18.2 Å². The lowest BCUT2D eigenvalue weighted by Crippen LogP contribution is -2.66. The normalized spacial score (nSPS) is 26.0. The lowest BCUT2D eigenvalue weighted by atomic mass is 9.81. The van der Waals surface area contributed by atoms with E-state index >= 15 is 0 Å². The molecule has 1 saturated heterocycles. The highest BCUT2D eigenvalue weighted by Crippen LogP contribution is 2.36. The summed E-state index contributed by atoms with van der Waals surface area (Å²) in [6.07, 6.45) is 3.66. The Morgan fingerprint density at radius 3 is 2.42 bits per heavy atom. The minimum Gasteiger partial charge on any atom is -0.469 e. The van der Waals surface area contributed by atoms with Crippen LogP contribution in [-0.2, 0) is 23.7 Å². The number of nitrogens with zero attached hydrogens (tertiary/aromatic N) is 2. The molecule has 0 bridgehead atoms. The summed E-state index contributed by atoms with van der Waals surface area (Å²) in [5.41, 5.74) is -0.998. The summed E-state index contributed by atoms with van der Waals surface area (Å²) in [4.78, 5) is 38.3. The lowest BCUT2D eigenvalue weighted by Gasteiger charge is -2.44. The summed E-state index contributed by atoms with van der Waals surface area (Å²) in [6.45, 7) is 5.40. The van der Waals surface area contributed by atoms with Gasteiger partial charge in [-0.3, -0.25) is 19.8 Å². The number of nitro groups is 1. The van der Waals surface area contributed by atoms with Gasteiger partial charge in [0.25, 0.3) is 5.54 Å². The molecule has 10 nitrogen and oxygen atoms in total. The fourth-order valence-corrected chi connectivity index (χ4v) is 5.41. The standard InChI is InChI=1S/C28H42N2O8/c1-27(2,3)38-26(32)29-17-8-16-28(30(33)34,20-36-18-15-25(31)35-4)24(29)19-37-23-13-11-22(12-14-23)21-9-6-5-7-10-21/h5-7,9-10,22-24H,8,11-20H2,1-4H3/t22?,23?,24-,28+/m0/s1. The molecule has 38 heavy (non-hydrogen) atoms. The number of likely N-dealkylation sites (tertiary alicyclic amines) is 1. The van der Waals surface area contributed by atoms with Crippen LogP contribution in [0.5, 0.6) is 0 Å². The largest absolute Gasteiger partial charge is 0.469 e. The molecular formula is C28H42N2O8. The maximum atomic E-state index is 13.2. The van der Waals surface area contributed by atoms with Crippen LogP contribution in [0.3, 0.4) is 0 Å². The molecule has 1 heterocycles. The van der Waals surface area contributed by atoms with Gasteiger partial charge < -0.3 is 18.9 Å². The van der Waals surface area contributed by atoms with Gasteiger partial charge in [0, 0.05) is 17.9 Å².